The molecule has 0 radical (unpaired) electrons. The number of hydrogen-bond donors (Lipinski definition) is 0. The van der Waals surface area contributed by atoms with Gasteiger partial charge < -0.3 is 4.74 Å². The first-order valence-electron chi connectivity index (χ1n) is 4.95. The van der Waals surface area contributed by atoms with Crippen LogP contribution >= 0.6 is 0 Å². The third kappa shape index (κ3) is 2.52. The number of aromatic nitrogens is 1. The minimum absolute atomic E-state index is 0.500. The van der Waals surface area contributed by atoms with Gasteiger partial charge in [0.25, 0.3) is 0 Å². The van der Waals surface area contributed by atoms with E-state index in [4.69, 9.17) is 4.74 Å². The van der Waals surface area contributed by atoms with Crippen LogP contribution in [0.4, 0.5) is 0 Å². The topological polar surface area (TPSA) is 22.1 Å². The van der Waals surface area contributed by atoms with Gasteiger partial charge >= 0.3 is 0 Å². The fraction of sp³-hybridized carbons (Fsp3) is 0.545. The maximum atomic E-state index is 5.55. The Bertz CT molecular complexity index is 242. The van der Waals surface area contributed by atoms with Crippen molar-refractivity contribution in [2.24, 2.45) is 0 Å². The minimum Gasteiger partial charge on any atom is -0.378 e. The van der Waals surface area contributed by atoms with Gasteiger partial charge in [-0.15, -0.1) is 0 Å². The molecule has 2 nitrogen and oxygen atoms in total. The van der Waals surface area contributed by atoms with E-state index in [0.717, 1.165) is 19.4 Å². The number of pyridine rings is 1. The van der Waals surface area contributed by atoms with Crippen LogP contribution in [-0.4, -0.2) is 17.7 Å². The van der Waals surface area contributed by atoms with Gasteiger partial charge in [0.2, 0.25) is 0 Å². The van der Waals surface area contributed by atoms with Crippen molar-refractivity contribution >= 4 is 0 Å². The third-order valence-electron chi connectivity index (χ3n) is 2.50. The van der Waals surface area contributed by atoms with E-state index < -0.39 is 0 Å². The fourth-order valence-corrected chi connectivity index (χ4v) is 1.75. The predicted octanol–water partition coefficient (Wildman–Crippen LogP) is 2.19. The Morgan fingerprint density at radius 1 is 1.54 bits per heavy atom. The van der Waals surface area contributed by atoms with Gasteiger partial charge in [-0.2, -0.15) is 0 Å². The Morgan fingerprint density at radius 3 is 3.23 bits per heavy atom. The molecule has 1 saturated heterocycles. The van der Waals surface area contributed by atoms with Crippen LogP contribution in [0, 0.1) is 0 Å². The number of rotatable bonds is 3. The lowest BCUT2D eigenvalue weighted by Crippen LogP contribution is -2.06. The lowest BCUT2D eigenvalue weighted by atomic mass is 10.1. The smallest absolute Gasteiger partial charge is 0.0579 e. The summed E-state index contributed by atoms with van der Waals surface area (Å²) in [5, 5.41) is 0. The molecule has 2 rings (SSSR count). The maximum Gasteiger partial charge on any atom is 0.0579 e. The van der Waals surface area contributed by atoms with Crippen molar-refractivity contribution in [2.75, 3.05) is 6.61 Å². The van der Waals surface area contributed by atoms with Crippen LogP contribution in [0.2, 0.25) is 0 Å². The Balaban J connectivity index is 1.79. The lowest BCUT2D eigenvalue weighted by molar-refractivity contribution is 0.104. The molecule has 0 N–H and O–H groups in total. The highest BCUT2D eigenvalue weighted by Crippen LogP contribution is 2.17. The van der Waals surface area contributed by atoms with E-state index in [0.29, 0.717) is 6.10 Å². The Hall–Kier alpha value is -0.890. The molecule has 0 aliphatic carbocycles. The van der Waals surface area contributed by atoms with E-state index in [9.17, 15) is 0 Å². The van der Waals surface area contributed by atoms with Gasteiger partial charge in [0, 0.05) is 19.0 Å². The molecular formula is C11H15NO. The summed E-state index contributed by atoms with van der Waals surface area (Å²) in [6, 6.07) is 4.12. The van der Waals surface area contributed by atoms with E-state index in [1.807, 2.05) is 18.5 Å². The molecule has 0 bridgehead atoms. The van der Waals surface area contributed by atoms with Crippen LogP contribution in [0.3, 0.4) is 0 Å². The Kier molecular flexibility index (Phi) is 2.93. The maximum absolute atomic E-state index is 5.55. The molecule has 13 heavy (non-hydrogen) atoms. The van der Waals surface area contributed by atoms with E-state index in [2.05, 4.69) is 11.1 Å². The zero-order valence-corrected chi connectivity index (χ0v) is 7.78. The van der Waals surface area contributed by atoms with Crippen molar-refractivity contribution in [2.45, 2.75) is 31.8 Å². The van der Waals surface area contributed by atoms with E-state index in [-0.39, 0.29) is 0 Å². The molecular weight excluding hydrogens is 162 g/mol. The van der Waals surface area contributed by atoms with Crippen molar-refractivity contribution in [1.29, 1.82) is 0 Å². The number of hydrogen-bond acceptors (Lipinski definition) is 2. The Morgan fingerprint density at radius 2 is 2.54 bits per heavy atom. The zero-order valence-electron chi connectivity index (χ0n) is 7.78. The van der Waals surface area contributed by atoms with Gasteiger partial charge in [0.15, 0.2) is 0 Å². The van der Waals surface area contributed by atoms with Crippen molar-refractivity contribution in [3.63, 3.8) is 0 Å². The molecule has 0 aromatic carbocycles. The molecule has 1 fully saturated rings. The van der Waals surface area contributed by atoms with Gasteiger partial charge in [0.05, 0.1) is 6.10 Å². The van der Waals surface area contributed by atoms with E-state index in [1.165, 1.54) is 18.4 Å². The first kappa shape index (κ1) is 8.70. The molecule has 70 valence electrons. The molecule has 2 heteroatoms. The average molecular weight is 177 g/mol. The SMILES string of the molecule is c1cncc(CCC2CCCO2)c1. The summed E-state index contributed by atoms with van der Waals surface area (Å²) in [5.74, 6) is 0. The highest BCUT2D eigenvalue weighted by Gasteiger charge is 2.14. The molecule has 1 atom stereocenters. The lowest BCUT2D eigenvalue weighted by Gasteiger charge is -2.07. The highest BCUT2D eigenvalue weighted by atomic mass is 16.5. The highest BCUT2D eigenvalue weighted by molar-refractivity contribution is 5.08. The van der Waals surface area contributed by atoms with Gasteiger partial charge in [-0.05, 0) is 37.3 Å². The predicted molar refractivity (Wildman–Crippen MR) is 51.5 cm³/mol. The average Bonchev–Trinajstić information content (AvgIpc) is 2.69. The van der Waals surface area contributed by atoms with Gasteiger partial charge in [-0.1, -0.05) is 6.07 Å². The molecule has 1 aliphatic rings. The van der Waals surface area contributed by atoms with Crippen molar-refractivity contribution in [1.82, 2.24) is 4.98 Å². The minimum atomic E-state index is 0.500. The van der Waals surface area contributed by atoms with Crippen molar-refractivity contribution in [3.05, 3.63) is 30.1 Å². The van der Waals surface area contributed by atoms with Crippen LogP contribution in [0.25, 0.3) is 0 Å². The molecule has 1 unspecified atom stereocenters. The van der Waals surface area contributed by atoms with Crippen LogP contribution in [0.15, 0.2) is 24.5 Å². The second-order valence-corrected chi connectivity index (χ2v) is 3.53. The first-order chi connectivity index (χ1) is 6.45. The summed E-state index contributed by atoms with van der Waals surface area (Å²) < 4.78 is 5.55. The van der Waals surface area contributed by atoms with Crippen molar-refractivity contribution < 1.29 is 4.74 Å². The summed E-state index contributed by atoms with van der Waals surface area (Å²) in [6.45, 7) is 0.956. The monoisotopic (exact) mass is 177 g/mol. The second-order valence-electron chi connectivity index (χ2n) is 3.53. The van der Waals surface area contributed by atoms with Gasteiger partial charge in [-0.25, -0.2) is 0 Å². The molecule has 1 aliphatic heterocycles. The van der Waals surface area contributed by atoms with Crippen LogP contribution in [0.1, 0.15) is 24.8 Å². The third-order valence-corrected chi connectivity index (χ3v) is 2.50. The normalized spacial score (nSPS) is 22.0. The van der Waals surface area contributed by atoms with E-state index in [1.54, 1.807) is 0 Å². The number of ether oxygens (including phenoxy) is 1. The van der Waals surface area contributed by atoms with Gasteiger partial charge in [-0.3, -0.25) is 4.98 Å². The summed E-state index contributed by atoms with van der Waals surface area (Å²) in [6.07, 6.45) is 8.97. The number of nitrogens with zero attached hydrogens (tertiary/aromatic N) is 1. The van der Waals surface area contributed by atoms with Crippen LogP contribution < -0.4 is 0 Å². The van der Waals surface area contributed by atoms with Crippen LogP contribution in [-0.2, 0) is 11.2 Å². The summed E-state index contributed by atoms with van der Waals surface area (Å²) in [4.78, 5) is 4.09. The fourth-order valence-electron chi connectivity index (χ4n) is 1.75. The standard InChI is InChI=1S/C11H15NO/c1-3-10(9-12-7-1)5-6-11-4-2-8-13-11/h1,3,7,9,11H,2,4-6,8H2. The second kappa shape index (κ2) is 4.38. The molecule has 2 heterocycles. The first-order valence-corrected chi connectivity index (χ1v) is 4.95. The zero-order chi connectivity index (χ0) is 8.93. The summed E-state index contributed by atoms with van der Waals surface area (Å²) >= 11 is 0. The summed E-state index contributed by atoms with van der Waals surface area (Å²) in [5.41, 5.74) is 1.32. The molecule has 1 aromatic rings. The summed E-state index contributed by atoms with van der Waals surface area (Å²) in [7, 11) is 0. The largest absolute Gasteiger partial charge is 0.378 e. The number of aryl methyl sites for hydroxylation is 1. The molecule has 0 saturated carbocycles. The molecule has 0 amide bonds. The van der Waals surface area contributed by atoms with Gasteiger partial charge in [0.1, 0.15) is 0 Å². The quantitative estimate of drug-likeness (QED) is 0.706. The van der Waals surface area contributed by atoms with E-state index >= 15 is 0 Å². The Labute approximate surface area is 78.9 Å². The van der Waals surface area contributed by atoms with Crippen molar-refractivity contribution in [3.8, 4) is 0 Å². The molecule has 0 spiro atoms. The van der Waals surface area contributed by atoms with Crippen LogP contribution in [0.5, 0.6) is 0 Å². The molecule has 1 aromatic heterocycles.